The second kappa shape index (κ2) is 9.21. The van der Waals surface area contributed by atoms with Crippen molar-refractivity contribution in [2.24, 2.45) is 0 Å². The number of hydrogen-bond acceptors (Lipinski definition) is 7. The van der Waals surface area contributed by atoms with Crippen molar-refractivity contribution in [2.75, 3.05) is 0 Å². The number of halogens is 1. The molecule has 0 aliphatic heterocycles. The number of hydrogen-bond donors (Lipinski definition) is 1. The Morgan fingerprint density at radius 2 is 2.10 bits per heavy atom. The molecule has 0 radical (unpaired) electrons. The zero-order valence-electron chi connectivity index (χ0n) is 16.8. The molecule has 0 saturated carbocycles. The maximum Gasteiger partial charge on any atom is 0.422 e. The number of ether oxygens (including phenoxy) is 1. The van der Waals surface area contributed by atoms with Gasteiger partial charge in [0.2, 0.25) is 10.7 Å². The van der Waals surface area contributed by atoms with Crippen LogP contribution in [0.5, 0.6) is 0 Å². The van der Waals surface area contributed by atoms with Crippen LogP contribution in [-0.2, 0) is 9.53 Å². The molecule has 0 fully saturated rings. The van der Waals surface area contributed by atoms with E-state index in [0.29, 0.717) is 23.9 Å². The summed E-state index contributed by atoms with van der Waals surface area (Å²) in [6.07, 6.45) is 8.62. The molecule has 10 heteroatoms. The van der Waals surface area contributed by atoms with E-state index in [9.17, 15) is 14.0 Å². The molecule has 2 atom stereocenters. The number of aromatic nitrogens is 4. The fourth-order valence-corrected chi connectivity index (χ4v) is 3.28. The van der Waals surface area contributed by atoms with Gasteiger partial charge in [0.25, 0.3) is 5.91 Å². The molecule has 0 saturated heterocycles. The maximum atomic E-state index is 14.7. The summed E-state index contributed by atoms with van der Waals surface area (Å²) in [6.45, 7) is 5.13. The molecule has 30 heavy (non-hydrogen) atoms. The van der Waals surface area contributed by atoms with Gasteiger partial charge in [-0.05, 0) is 51.1 Å². The molecule has 2 aromatic heterocycles. The highest BCUT2D eigenvalue weighted by molar-refractivity contribution is 8.00. The van der Waals surface area contributed by atoms with Crippen molar-refractivity contribution in [1.29, 1.82) is 0 Å². The molecule has 0 aromatic carbocycles. The summed E-state index contributed by atoms with van der Waals surface area (Å²) in [5.41, 5.74) is -2.43. The molecule has 8 nitrogen and oxygen atoms in total. The average molecular weight is 431 g/mol. The molecule has 0 bridgehead atoms. The van der Waals surface area contributed by atoms with Crippen LogP contribution in [0.1, 0.15) is 27.2 Å². The van der Waals surface area contributed by atoms with Crippen molar-refractivity contribution in [2.45, 2.75) is 49.5 Å². The van der Waals surface area contributed by atoms with Crippen molar-refractivity contribution in [1.82, 2.24) is 25.1 Å². The van der Waals surface area contributed by atoms with Crippen LogP contribution < -0.4 is 5.32 Å². The highest BCUT2D eigenvalue weighted by Gasteiger charge is 2.30. The third kappa shape index (κ3) is 5.53. The second-order valence-electron chi connectivity index (χ2n) is 7.43. The van der Waals surface area contributed by atoms with E-state index in [-0.39, 0.29) is 17.0 Å². The molecule has 3 rings (SSSR count). The van der Waals surface area contributed by atoms with E-state index >= 15 is 0 Å². The number of carbonyl (C=O) groups excluding carboxylic acids is 2. The van der Waals surface area contributed by atoms with E-state index in [4.69, 9.17) is 4.74 Å². The molecule has 1 amide bonds. The number of nitrogens with zero attached hydrogens (tertiary/aromatic N) is 4. The predicted octanol–water partition coefficient (Wildman–Crippen LogP) is 3.51. The van der Waals surface area contributed by atoms with Crippen molar-refractivity contribution in [3.8, 4) is 11.5 Å². The van der Waals surface area contributed by atoms with Gasteiger partial charge in [0.1, 0.15) is 11.3 Å². The highest BCUT2D eigenvalue weighted by Crippen LogP contribution is 2.28. The molecular formula is C20H22FN5O3S. The minimum absolute atomic E-state index is 0.0975. The fourth-order valence-electron chi connectivity index (χ4n) is 2.56. The molecule has 0 spiro atoms. The molecule has 1 N–H and O–H groups in total. The second-order valence-corrected chi connectivity index (χ2v) is 8.45. The molecule has 2 aromatic rings. The number of nitrogens with one attached hydrogen (secondary N) is 1. The van der Waals surface area contributed by atoms with E-state index in [1.54, 1.807) is 51.1 Å². The van der Waals surface area contributed by atoms with Gasteiger partial charge in [-0.1, -0.05) is 30.4 Å². The third-order valence-electron chi connectivity index (χ3n) is 3.83. The van der Waals surface area contributed by atoms with Crippen LogP contribution in [0.15, 0.2) is 53.9 Å². The van der Waals surface area contributed by atoms with E-state index in [2.05, 4.69) is 20.5 Å². The zero-order valence-corrected chi connectivity index (χ0v) is 17.6. The van der Waals surface area contributed by atoms with Gasteiger partial charge in [-0.15, -0.1) is 10.2 Å². The SMILES string of the molecule is CC(C)(C)OC(=O)n1c(SC(F)C(=O)NC2C=CC=CC2)nnc1-c1ccccn1. The number of alkyl halides is 1. The molecular weight excluding hydrogens is 409 g/mol. The number of allylic oxidation sites excluding steroid dienone is 2. The molecule has 2 unspecified atom stereocenters. The summed E-state index contributed by atoms with van der Waals surface area (Å²) in [6, 6.07) is 4.79. The fraction of sp³-hybridized carbons (Fsp3) is 0.350. The first kappa shape index (κ1) is 21.7. The smallest absolute Gasteiger partial charge is 0.422 e. The third-order valence-corrected chi connectivity index (χ3v) is 4.72. The predicted molar refractivity (Wildman–Crippen MR) is 110 cm³/mol. The van der Waals surface area contributed by atoms with Crippen LogP contribution in [0.25, 0.3) is 11.5 Å². The monoisotopic (exact) mass is 431 g/mol. The van der Waals surface area contributed by atoms with E-state index in [0.717, 1.165) is 4.57 Å². The van der Waals surface area contributed by atoms with Gasteiger partial charge in [0.05, 0.1) is 6.04 Å². The lowest BCUT2D eigenvalue weighted by molar-refractivity contribution is -0.123. The van der Waals surface area contributed by atoms with Gasteiger partial charge in [-0.2, -0.15) is 0 Å². The summed E-state index contributed by atoms with van der Waals surface area (Å²) in [5, 5.41) is 10.4. The molecule has 1 aliphatic rings. The summed E-state index contributed by atoms with van der Waals surface area (Å²) in [4.78, 5) is 29.2. The largest absolute Gasteiger partial charge is 0.443 e. The Labute approximate surface area is 177 Å². The lowest BCUT2D eigenvalue weighted by atomic mass is 10.1. The summed E-state index contributed by atoms with van der Waals surface area (Å²) in [7, 11) is 0. The normalized spacial score (nSPS) is 16.9. The Morgan fingerprint density at radius 1 is 1.30 bits per heavy atom. The first-order valence-corrected chi connectivity index (χ1v) is 10.2. The topological polar surface area (TPSA) is 99.0 Å². The molecule has 1 aliphatic carbocycles. The molecule has 2 heterocycles. The standard InChI is InChI=1S/C20H22FN5O3S/c1-20(2,3)29-19(28)26-16(14-11-7-8-12-22-14)24-25-18(26)30-15(21)17(27)23-13-9-5-4-6-10-13/h4-9,11-13,15H,10H2,1-3H3,(H,23,27). The van der Waals surface area contributed by atoms with Crippen LogP contribution in [0.2, 0.25) is 0 Å². The van der Waals surface area contributed by atoms with Crippen molar-refractivity contribution in [3.63, 3.8) is 0 Å². The average Bonchev–Trinajstić information content (AvgIpc) is 3.12. The van der Waals surface area contributed by atoms with Gasteiger partial charge in [0.15, 0.2) is 5.82 Å². The Bertz CT molecular complexity index is 969. The van der Waals surface area contributed by atoms with Crippen LogP contribution in [0.3, 0.4) is 0 Å². The van der Waals surface area contributed by atoms with Gasteiger partial charge < -0.3 is 10.1 Å². The zero-order chi connectivity index (χ0) is 21.7. The van der Waals surface area contributed by atoms with E-state index < -0.39 is 23.1 Å². The van der Waals surface area contributed by atoms with Crippen molar-refractivity contribution < 1.29 is 18.7 Å². The van der Waals surface area contributed by atoms with Gasteiger partial charge in [-0.3, -0.25) is 9.78 Å². The Kier molecular flexibility index (Phi) is 6.66. The van der Waals surface area contributed by atoms with Gasteiger partial charge >= 0.3 is 6.09 Å². The van der Waals surface area contributed by atoms with Crippen LogP contribution in [-0.4, -0.2) is 48.9 Å². The number of pyridine rings is 1. The summed E-state index contributed by atoms with van der Waals surface area (Å²) < 4.78 is 21.1. The number of carbonyl (C=O) groups is 2. The Morgan fingerprint density at radius 3 is 2.73 bits per heavy atom. The maximum absolute atomic E-state index is 14.7. The van der Waals surface area contributed by atoms with Crippen molar-refractivity contribution in [3.05, 3.63) is 48.7 Å². The first-order chi connectivity index (χ1) is 14.2. The van der Waals surface area contributed by atoms with E-state index in [1.165, 1.54) is 6.20 Å². The Balaban J connectivity index is 1.83. The summed E-state index contributed by atoms with van der Waals surface area (Å²) in [5.74, 6) is -0.719. The molecule has 158 valence electrons. The van der Waals surface area contributed by atoms with Crippen LogP contribution in [0.4, 0.5) is 9.18 Å². The van der Waals surface area contributed by atoms with Crippen LogP contribution in [0, 0.1) is 0 Å². The Hall–Kier alpha value is -3.01. The van der Waals surface area contributed by atoms with Gasteiger partial charge in [0, 0.05) is 6.20 Å². The van der Waals surface area contributed by atoms with Crippen molar-refractivity contribution >= 4 is 23.8 Å². The minimum Gasteiger partial charge on any atom is -0.443 e. The number of rotatable bonds is 5. The first-order valence-electron chi connectivity index (χ1n) is 9.29. The summed E-state index contributed by atoms with van der Waals surface area (Å²) >= 11 is 0.477. The number of amides is 1. The van der Waals surface area contributed by atoms with Crippen LogP contribution >= 0.6 is 11.8 Å². The van der Waals surface area contributed by atoms with E-state index in [1.807, 2.05) is 12.2 Å². The van der Waals surface area contributed by atoms with Gasteiger partial charge in [-0.25, -0.2) is 13.8 Å². The quantitative estimate of drug-likeness (QED) is 0.723. The lowest BCUT2D eigenvalue weighted by Crippen LogP contribution is -2.38. The lowest BCUT2D eigenvalue weighted by Gasteiger charge is -2.20. The highest BCUT2D eigenvalue weighted by atomic mass is 32.2. The number of thioether (sulfide) groups is 1. The minimum atomic E-state index is -1.99.